The summed E-state index contributed by atoms with van der Waals surface area (Å²) < 4.78 is 5.63. The number of hydrogen-bond donors (Lipinski definition) is 1. The number of benzene rings is 2. The number of Topliss-reactive ketones (excluding diaryl/α,β-unsaturated/α-hetero) is 2. The molecule has 0 bridgehead atoms. The molecule has 4 nitrogen and oxygen atoms in total. The molecule has 1 aliphatic heterocycles. The maximum absolute atomic E-state index is 12.6. The van der Waals surface area contributed by atoms with Gasteiger partial charge in [-0.1, -0.05) is 24.3 Å². The highest BCUT2D eigenvalue weighted by molar-refractivity contribution is 6.54. The summed E-state index contributed by atoms with van der Waals surface area (Å²) in [6, 6.07) is 9.50. The number of aryl methyl sites for hydroxylation is 1. The van der Waals surface area contributed by atoms with Crippen LogP contribution < -0.4 is 0 Å². The van der Waals surface area contributed by atoms with Gasteiger partial charge in [0.2, 0.25) is 11.6 Å². The van der Waals surface area contributed by atoms with E-state index in [4.69, 9.17) is 4.74 Å². The predicted octanol–water partition coefficient (Wildman–Crippen LogP) is 2.26. The lowest BCUT2D eigenvalue weighted by molar-refractivity contribution is -0.112. The Morgan fingerprint density at radius 3 is 2.73 bits per heavy atom. The minimum absolute atomic E-state index is 0.195. The number of aliphatic hydroxyl groups excluding tert-OH is 1. The van der Waals surface area contributed by atoms with E-state index < -0.39 is 17.5 Å². The molecule has 2 aromatic rings. The van der Waals surface area contributed by atoms with Gasteiger partial charge in [-0.3, -0.25) is 9.59 Å². The highest BCUT2D eigenvalue weighted by Crippen LogP contribution is 2.41. The van der Waals surface area contributed by atoms with Crippen molar-refractivity contribution in [3.63, 3.8) is 0 Å². The van der Waals surface area contributed by atoms with Crippen LogP contribution in [0.2, 0.25) is 0 Å². The average molecular weight is 294 g/mol. The van der Waals surface area contributed by atoms with Crippen LogP contribution in [0.3, 0.4) is 0 Å². The van der Waals surface area contributed by atoms with E-state index >= 15 is 0 Å². The van der Waals surface area contributed by atoms with E-state index in [0.717, 1.165) is 16.3 Å². The Balaban J connectivity index is 2.08. The molecule has 0 amide bonds. The molecule has 0 saturated carbocycles. The van der Waals surface area contributed by atoms with E-state index in [-0.39, 0.29) is 13.2 Å². The summed E-state index contributed by atoms with van der Waals surface area (Å²) in [6.07, 6.45) is 0. The maximum atomic E-state index is 12.6. The molecule has 0 fully saturated rings. The third kappa shape index (κ3) is 1.56. The van der Waals surface area contributed by atoms with Crippen molar-refractivity contribution in [3.8, 4) is 0 Å². The number of hydrogen-bond acceptors (Lipinski definition) is 4. The van der Waals surface area contributed by atoms with Crippen LogP contribution in [-0.4, -0.2) is 29.9 Å². The number of aliphatic hydroxyl groups is 1. The number of rotatable bonds is 1. The van der Waals surface area contributed by atoms with E-state index in [1.54, 1.807) is 0 Å². The van der Waals surface area contributed by atoms with Gasteiger partial charge in [-0.25, -0.2) is 0 Å². The maximum Gasteiger partial charge on any atom is 0.234 e. The van der Waals surface area contributed by atoms with Crippen LogP contribution in [0.25, 0.3) is 16.5 Å². The van der Waals surface area contributed by atoms with Gasteiger partial charge < -0.3 is 9.84 Å². The molecule has 4 heteroatoms. The lowest BCUT2D eigenvalue weighted by atomic mass is 9.82. The van der Waals surface area contributed by atoms with Crippen LogP contribution in [0.4, 0.5) is 0 Å². The molecular weight excluding hydrogens is 280 g/mol. The van der Waals surface area contributed by atoms with E-state index in [1.165, 1.54) is 0 Å². The minimum atomic E-state index is -0.548. The Morgan fingerprint density at radius 1 is 1.14 bits per heavy atom. The zero-order chi connectivity index (χ0) is 15.4. The summed E-state index contributed by atoms with van der Waals surface area (Å²) in [7, 11) is 0. The first-order valence-electron chi connectivity index (χ1n) is 7.23. The summed E-state index contributed by atoms with van der Waals surface area (Å²) in [5.74, 6) is -1.00. The zero-order valence-corrected chi connectivity index (χ0v) is 12.1. The van der Waals surface area contributed by atoms with Crippen LogP contribution in [0.1, 0.15) is 21.5 Å². The van der Waals surface area contributed by atoms with Crippen molar-refractivity contribution in [2.24, 2.45) is 5.92 Å². The third-order valence-electron chi connectivity index (χ3n) is 4.50. The Morgan fingerprint density at radius 2 is 1.95 bits per heavy atom. The van der Waals surface area contributed by atoms with Gasteiger partial charge >= 0.3 is 0 Å². The summed E-state index contributed by atoms with van der Waals surface area (Å²) in [5, 5.41) is 11.1. The Bertz CT molecular complexity index is 876. The van der Waals surface area contributed by atoms with Gasteiger partial charge in [0.1, 0.15) is 5.76 Å². The standard InChI is InChI=1S/C18H14O4/c1-9-3-2-4-12-11(9)5-6-13-15(12)17(21)16(20)14-10(7-19)8-22-18(13)14/h2-6,10,19H,7-8H2,1H3. The van der Waals surface area contributed by atoms with E-state index in [9.17, 15) is 14.7 Å². The molecule has 1 N–H and O–H groups in total. The van der Waals surface area contributed by atoms with Crippen LogP contribution in [0.5, 0.6) is 0 Å². The van der Waals surface area contributed by atoms with Crippen molar-refractivity contribution in [1.82, 2.24) is 0 Å². The van der Waals surface area contributed by atoms with Crippen LogP contribution in [-0.2, 0) is 9.53 Å². The molecule has 110 valence electrons. The fourth-order valence-corrected chi connectivity index (χ4v) is 3.37. The second kappa shape index (κ2) is 4.52. The van der Waals surface area contributed by atoms with E-state index in [0.29, 0.717) is 22.5 Å². The van der Waals surface area contributed by atoms with Gasteiger partial charge in [-0.15, -0.1) is 0 Å². The lowest BCUT2D eigenvalue weighted by Gasteiger charge is -2.19. The fraction of sp³-hybridized carbons (Fsp3) is 0.222. The summed E-state index contributed by atoms with van der Waals surface area (Å²) >= 11 is 0. The Labute approximate surface area is 127 Å². The molecule has 1 aliphatic carbocycles. The number of ketones is 2. The minimum Gasteiger partial charge on any atom is -0.492 e. The summed E-state index contributed by atoms with van der Waals surface area (Å²) in [4.78, 5) is 25.1. The zero-order valence-electron chi connectivity index (χ0n) is 12.1. The molecule has 2 aromatic carbocycles. The van der Waals surface area contributed by atoms with Crippen molar-refractivity contribution in [3.05, 3.63) is 52.6 Å². The monoisotopic (exact) mass is 294 g/mol. The van der Waals surface area contributed by atoms with Crippen LogP contribution in [0.15, 0.2) is 35.9 Å². The van der Waals surface area contributed by atoms with Crippen molar-refractivity contribution >= 4 is 28.1 Å². The second-order valence-electron chi connectivity index (χ2n) is 5.75. The average Bonchev–Trinajstić information content (AvgIpc) is 2.96. The largest absolute Gasteiger partial charge is 0.492 e. The van der Waals surface area contributed by atoms with Crippen molar-refractivity contribution in [2.75, 3.05) is 13.2 Å². The second-order valence-corrected chi connectivity index (χ2v) is 5.75. The molecular formula is C18H14O4. The van der Waals surface area contributed by atoms with Gasteiger partial charge in [0.15, 0.2) is 0 Å². The van der Waals surface area contributed by atoms with Crippen molar-refractivity contribution in [1.29, 1.82) is 0 Å². The van der Waals surface area contributed by atoms with Crippen LogP contribution in [0, 0.1) is 12.8 Å². The molecule has 1 unspecified atom stereocenters. The highest BCUT2D eigenvalue weighted by Gasteiger charge is 2.42. The SMILES string of the molecule is Cc1cccc2c3c(ccc12)C1=C(C(=O)C3=O)C(CO)CO1. The molecule has 2 aliphatic rings. The molecule has 0 spiro atoms. The number of carbonyl (C=O) groups is 2. The van der Waals surface area contributed by atoms with Gasteiger partial charge in [0.05, 0.1) is 18.8 Å². The molecule has 0 radical (unpaired) electrons. The van der Waals surface area contributed by atoms with Gasteiger partial charge in [-0.05, 0) is 29.3 Å². The molecule has 0 saturated heterocycles. The first kappa shape index (κ1) is 13.2. The summed E-state index contributed by atoms with van der Waals surface area (Å²) in [6.45, 7) is 2.02. The van der Waals surface area contributed by atoms with Gasteiger partial charge in [-0.2, -0.15) is 0 Å². The Kier molecular flexibility index (Phi) is 2.71. The molecule has 1 heterocycles. The van der Waals surface area contributed by atoms with Gasteiger partial charge in [0.25, 0.3) is 0 Å². The number of fused-ring (bicyclic) bond motifs is 4. The lowest BCUT2D eigenvalue weighted by Crippen LogP contribution is -2.27. The van der Waals surface area contributed by atoms with Crippen molar-refractivity contribution < 1.29 is 19.4 Å². The molecule has 22 heavy (non-hydrogen) atoms. The summed E-state index contributed by atoms with van der Waals surface area (Å²) in [5.41, 5.74) is 2.46. The molecule has 4 rings (SSSR count). The van der Waals surface area contributed by atoms with Gasteiger partial charge in [0, 0.05) is 17.0 Å². The third-order valence-corrected chi connectivity index (χ3v) is 4.50. The fourth-order valence-electron chi connectivity index (χ4n) is 3.37. The van der Waals surface area contributed by atoms with E-state index in [1.807, 2.05) is 37.3 Å². The smallest absolute Gasteiger partial charge is 0.234 e. The molecule has 1 atom stereocenters. The normalized spacial score (nSPS) is 20.2. The topological polar surface area (TPSA) is 63.6 Å². The number of carbonyl (C=O) groups excluding carboxylic acids is 2. The Hall–Kier alpha value is -2.46. The van der Waals surface area contributed by atoms with Crippen molar-refractivity contribution in [2.45, 2.75) is 6.92 Å². The molecule has 0 aromatic heterocycles. The highest BCUT2D eigenvalue weighted by atomic mass is 16.5. The quantitative estimate of drug-likeness (QED) is 0.819. The van der Waals surface area contributed by atoms with Crippen LogP contribution >= 0.6 is 0 Å². The first-order chi connectivity index (χ1) is 10.6. The predicted molar refractivity (Wildman–Crippen MR) is 81.5 cm³/mol. The first-order valence-corrected chi connectivity index (χ1v) is 7.23. The van der Waals surface area contributed by atoms with E-state index in [2.05, 4.69) is 0 Å². The number of ether oxygens (including phenoxy) is 1.